The molecule has 7 heteroatoms. The summed E-state index contributed by atoms with van der Waals surface area (Å²) in [5.74, 6) is -0.339. The maximum atomic E-state index is 14.2. The van der Waals surface area contributed by atoms with Crippen LogP contribution in [0.1, 0.15) is 12.8 Å². The molecule has 0 spiro atoms. The van der Waals surface area contributed by atoms with Crippen molar-refractivity contribution in [2.45, 2.75) is 12.8 Å². The van der Waals surface area contributed by atoms with Gasteiger partial charge in [0.25, 0.3) is 0 Å². The highest BCUT2D eigenvalue weighted by Gasteiger charge is 2.16. The number of rotatable bonds is 4. The van der Waals surface area contributed by atoms with Gasteiger partial charge in [-0.15, -0.1) is 0 Å². The summed E-state index contributed by atoms with van der Waals surface area (Å²) < 4.78 is 14.2. The minimum absolute atomic E-state index is 0.339. The Kier molecular flexibility index (Phi) is 5.05. The maximum absolute atomic E-state index is 14.2. The fourth-order valence-electron chi connectivity index (χ4n) is 2.65. The summed E-state index contributed by atoms with van der Waals surface area (Å²) in [5, 5.41) is 3.06. The zero-order valence-electron chi connectivity index (χ0n) is 13.0. The number of anilines is 3. The van der Waals surface area contributed by atoms with Gasteiger partial charge in [-0.2, -0.15) is 0 Å². The quantitative estimate of drug-likeness (QED) is 0.725. The number of halogens is 2. The van der Waals surface area contributed by atoms with E-state index in [1.54, 1.807) is 36.4 Å². The molecule has 0 unspecified atom stereocenters. The Morgan fingerprint density at radius 3 is 2.58 bits per heavy atom. The van der Waals surface area contributed by atoms with E-state index in [9.17, 15) is 9.18 Å². The number of hydrogen-bond acceptors (Lipinski definition) is 3. The van der Waals surface area contributed by atoms with Gasteiger partial charge >= 0.3 is 6.03 Å². The Balaban J connectivity index is 1.58. The average Bonchev–Trinajstić information content (AvgIpc) is 3.08. The van der Waals surface area contributed by atoms with E-state index in [1.807, 2.05) is 4.90 Å². The van der Waals surface area contributed by atoms with Crippen molar-refractivity contribution >= 4 is 34.7 Å². The SMILES string of the molecule is O=C(NNc1ccccc1Cl)Nc1ccc(N2CCCC2)c(F)c1. The van der Waals surface area contributed by atoms with Crippen molar-refractivity contribution in [1.29, 1.82) is 0 Å². The summed E-state index contributed by atoms with van der Waals surface area (Å²) in [5.41, 5.74) is 6.70. The molecule has 1 heterocycles. The van der Waals surface area contributed by atoms with Crippen molar-refractivity contribution in [3.8, 4) is 0 Å². The molecule has 0 saturated carbocycles. The minimum Gasteiger partial charge on any atom is -0.369 e. The van der Waals surface area contributed by atoms with Gasteiger partial charge in [-0.05, 0) is 43.2 Å². The molecule has 0 aliphatic carbocycles. The second-order valence-corrected chi connectivity index (χ2v) is 5.95. The molecular weight excluding hydrogens is 331 g/mol. The number of urea groups is 1. The molecular formula is C17H18ClFN4O. The Labute approximate surface area is 144 Å². The molecule has 126 valence electrons. The molecule has 0 radical (unpaired) electrons. The van der Waals surface area contributed by atoms with Gasteiger partial charge in [0.05, 0.1) is 16.4 Å². The first-order valence-corrected chi connectivity index (χ1v) is 8.13. The molecule has 5 nitrogen and oxygen atoms in total. The van der Waals surface area contributed by atoms with Crippen LogP contribution in [0.2, 0.25) is 5.02 Å². The number of benzene rings is 2. The molecule has 3 N–H and O–H groups in total. The summed E-state index contributed by atoms with van der Waals surface area (Å²) in [4.78, 5) is 13.9. The van der Waals surface area contributed by atoms with Crippen LogP contribution in [0.15, 0.2) is 42.5 Å². The van der Waals surface area contributed by atoms with E-state index in [1.165, 1.54) is 6.07 Å². The van der Waals surface area contributed by atoms with Crippen LogP contribution in [0.4, 0.5) is 26.2 Å². The fourth-order valence-corrected chi connectivity index (χ4v) is 2.83. The first kappa shape index (κ1) is 16.4. The second kappa shape index (κ2) is 7.40. The Morgan fingerprint density at radius 1 is 1.12 bits per heavy atom. The Bertz CT molecular complexity index is 734. The van der Waals surface area contributed by atoms with E-state index in [0.29, 0.717) is 22.1 Å². The minimum atomic E-state index is -0.511. The van der Waals surface area contributed by atoms with Crippen LogP contribution in [-0.4, -0.2) is 19.1 Å². The number of amides is 2. The fraction of sp³-hybridized carbons (Fsp3) is 0.235. The predicted molar refractivity (Wildman–Crippen MR) is 95.1 cm³/mol. The van der Waals surface area contributed by atoms with Crippen LogP contribution in [0, 0.1) is 5.82 Å². The van der Waals surface area contributed by atoms with E-state index < -0.39 is 6.03 Å². The number of para-hydroxylation sites is 1. The van der Waals surface area contributed by atoms with Gasteiger partial charge in [0.2, 0.25) is 0 Å². The molecule has 0 atom stereocenters. The van der Waals surface area contributed by atoms with Crippen molar-refractivity contribution in [3.63, 3.8) is 0 Å². The van der Waals surface area contributed by atoms with Crippen LogP contribution in [0.3, 0.4) is 0 Å². The van der Waals surface area contributed by atoms with Crippen molar-refractivity contribution in [2.24, 2.45) is 0 Å². The van der Waals surface area contributed by atoms with Gasteiger partial charge in [0.15, 0.2) is 0 Å². The molecule has 1 aliphatic rings. The Morgan fingerprint density at radius 2 is 1.88 bits per heavy atom. The number of nitrogens with one attached hydrogen (secondary N) is 3. The standard InChI is InChI=1S/C17H18ClFN4O/c18-13-5-1-2-6-15(13)21-22-17(24)20-12-7-8-16(14(19)11-12)23-9-3-4-10-23/h1-2,5-8,11,21H,3-4,9-10H2,(H2,20,22,24). The normalized spacial score (nSPS) is 13.7. The summed E-state index contributed by atoms with van der Waals surface area (Å²) >= 11 is 5.98. The molecule has 0 aromatic heterocycles. The van der Waals surface area contributed by atoms with E-state index in [0.717, 1.165) is 25.9 Å². The van der Waals surface area contributed by atoms with Crippen molar-refractivity contribution < 1.29 is 9.18 Å². The highest BCUT2D eigenvalue weighted by molar-refractivity contribution is 6.33. The topological polar surface area (TPSA) is 56.4 Å². The monoisotopic (exact) mass is 348 g/mol. The third kappa shape index (κ3) is 3.89. The first-order chi connectivity index (χ1) is 11.6. The number of hydrazine groups is 1. The van der Waals surface area contributed by atoms with Gasteiger partial charge in [-0.25, -0.2) is 9.18 Å². The zero-order valence-corrected chi connectivity index (χ0v) is 13.7. The van der Waals surface area contributed by atoms with Crippen LogP contribution < -0.4 is 21.1 Å². The van der Waals surface area contributed by atoms with E-state index in [-0.39, 0.29) is 5.82 Å². The highest BCUT2D eigenvalue weighted by atomic mass is 35.5. The van der Waals surface area contributed by atoms with Gasteiger partial charge < -0.3 is 10.2 Å². The van der Waals surface area contributed by atoms with Gasteiger partial charge in [-0.3, -0.25) is 10.9 Å². The van der Waals surface area contributed by atoms with Crippen LogP contribution >= 0.6 is 11.6 Å². The second-order valence-electron chi connectivity index (χ2n) is 5.54. The van der Waals surface area contributed by atoms with Crippen molar-refractivity contribution in [3.05, 3.63) is 53.3 Å². The molecule has 2 aromatic carbocycles. The van der Waals surface area contributed by atoms with Gasteiger partial charge in [0.1, 0.15) is 5.82 Å². The summed E-state index contributed by atoms with van der Waals surface area (Å²) in [7, 11) is 0. The van der Waals surface area contributed by atoms with Gasteiger partial charge in [0, 0.05) is 18.8 Å². The molecule has 24 heavy (non-hydrogen) atoms. The molecule has 1 saturated heterocycles. The molecule has 1 fully saturated rings. The van der Waals surface area contributed by atoms with Crippen LogP contribution in [0.5, 0.6) is 0 Å². The van der Waals surface area contributed by atoms with E-state index in [2.05, 4.69) is 16.2 Å². The van der Waals surface area contributed by atoms with E-state index in [4.69, 9.17) is 11.6 Å². The average molecular weight is 349 g/mol. The molecule has 2 amide bonds. The highest BCUT2D eigenvalue weighted by Crippen LogP contribution is 2.26. The molecule has 3 rings (SSSR count). The number of carbonyl (C=O) groups excluding carboxylic acids is 1. The lowest BCUT2D eigenvalue weighted by Crippen LogP contribution is -2.33. The molecule has 1 aliphatic heterocycles. The Hall–Kier alpha value is -2.47. The third-order valence-electron chi connectivity index (χ3n) is 3.84. The molecule has 0 bridgehead atoms. The van der Waals surface area contributed by atoms with Gasteiger partial charge in [-0.1, -0.05) is 23.7 Å². The van der Waals surface area contributed by atoms with Crippen LogP contribution in [-0.2, 0) is 0 Å². The summed E-state index contributed by atoms with van der Waals surface area (Å²) in [6, 6.07) is 11.2. The smallest absolute Gasteiger partial charge is 0.337 e. The van der Waals surface area contributed by atoms with E-state index >= 15 is 0 Å². The largest absolute Gasteiger partial charge is 0.369 e. The zero-order chi connectivity index (χ0) is 16.9. The third-order valence-corrected chi connectivity index (χ3v) is 4.17. The lowest BCUT2D eigenvalue weighted by atomic mass is 10.2. The lowest BCUT2D eigenvalue weighted by Gasteiger charge is -2.19. The van der Waals surface area contributed by atoms with Crippen molar-refractivity contribution in [2.75, 3.05) is 28.7 Å². The first-order valence-electron chi connectivity index (χ1n) is 7.75. The van der Waals surface area contributed by atoms with Crippen molar-refractivity contribution in [1.82, 2.24) is 5.43 Å². The summed E-state index contributed by atoms with van der Waals surface area (Å²) in [6.45, 7) is 1.73. The number of nitrogens with zero attached hydrogens (tertiary/aromatic N) is 1. The summed E-state index contributed by atoms with van der Waals surface area (Å²) in [6.07, 6.45) is 2.16. The van der Waals surface area contributed by atoms with Crippen LogP contribution in [0.25, 0.3) is 0 Å². The maximum Gasteiger partial charge on any atom is 0.337 e. The number of carbonyl (C=O) groups is 1. The predicted octanol–water partition coefficient (Wildman–Crippen LogP) is 4.23. The molecule has 2 aromatic rings. The lowest BCUT2D eigenvalue weighted by molar-refractivity contribution is 0.254. The number of hydrogen-bond donors (Lipinski definition) is 3.